The van der Waals surface area contributed by atoms with Crippen molar-refractivity contribution in [3.8, 4) is 0 Å². The molecule has 0 aliphatic carbocycles. The van der Waals surface area contributed by atoms with Gasteiger partial charge in [-0.25, -0.2) is 0 Å². The average molecular weight is 378 g/mol. The molecule has 0 N–H and O–H groups in total. The lowest BCUT2D eigenvalue weighted by atomic mass is 10.1. The largest absolute Gasteiger partial charge is 0.416 e. The molecule has 1 amide bonds. The molecule has 136 valence electrons. The van der Waals surface area contributed by atoms with Gasteiger partial charge in [-0.2, -0.15) is 13.2 Å². The van der Waals surface area contributed by atoms with Crippen LogP contribution >= 0.6 is 11.8 Å². The van der Waals surface area contributed by atoms with E-state index in [1.807, 2.05) is 31.2 Å². The van der Waals surface area contributed by atoms with Crippen molar-refractivity contribution in [1.29, 1.82) is 0 Å². The zero-order chi connectivity index (χ0) is 18.7. The summed E-state index contributed by atoms with van der Waals surface area (Å²) >= 11 is 1.46. The number of hydrogen-bond acceptors (Lipinski definition) is 3. The van der Waals surface area contributed by atoms with E-state index >= 15 is 0 Å². The molecule has 0 aromatic heterocycles. The molecule has 3 nitrogen and oxygen atoms in total. The lowest BCUT2D eigenvalue weighted by Gasteiger charge is -2.18. The molecule has 3 rings (SSSR count). The lowest BCUT2D eigenvalue weighted by molar-refractivity contribution is -0.137. The van der Waals surface area contributed by atoms with E-state index in [9.17, 15) is 18.0 Å². The quantitative estimate of drug-likeness (QED) is 0.772. The molecule has 1 heterocycles. The molecule has 0 bridgehead atoms. The van der Waals surface area contributed by atoms with Crippen LogP contribution in [-0.2, 0) is 11.9 Å². The highest BCUT2D eigenvalue weighted by molar-refractivity contribution is 8.13. The first kappa shape index (κ1) is 18.5. The van der Waals surface area contributed by atoms with Crippen molar-refractivity contribution in [3.05, 3.63) is 70.8 Å². The first-order chi connectivity index (χ1) is 12.3. The number of nitrogens with zero attached hydrogens (tertiary/aromatic N) is 2. The van der Waals surface area contributed by atoms with Gasteiger partial charge >= 0.3 is 6.18 Å². The van der Waals surface area contributed by atoms with Gasteiger partial charge in [-0.05, 0) is 36.8 Å². The second-order valence-electron chi connectivity index (χ2n) is 5.97. The number of hydrogen-bond donors (Lipinski definition) is 0. The van der Waals surface area contributed by atoms with Gasteiger partial charge in [0.1, 0.15) is 0 Å². The van der Waals surface area contributed by atoms with Crippen LogP contribution in [0.15, 0.2) is 53.5 Å². The van der Waals surface area contributed by atoms with E-state index in [4.69, 9.17) is 0 Å². The van der Waals surface area contributed by atoms with Gasteiger partial charge in [0, 0.05) is 17.9 Å². The van der Waals surface area contributed by atoms with Gasteiger partial charge in [-0.1, -0.05) is 41.6 Å². The summed E-state index contributed by atoms with van der Waals surface area (Å²) in [5, 5.41) is 0.607. The molecule has 2 aromatic rings. The van der Waals surface area contributed by atoms with Gasteiger partial charge in [0.15, 0.2) is 5.17 Å². The minimum atomic E-state index is -4.41. The van der Waals surface area contributed by atoms with Crippen LogP contribution in [0.3, 0.4) is 0 Å². The summed E-state index contributed by atoms with van der Waals surface area (Å²) in [6.45, 7) is 2.96. The van der Waals surface area contributed by atoms with Gasteiger partial charge in [0.05, 0.1) is 12.1 Å². The molecule has 2 aromatic carbocycles. The molecule has 7 heteroatoms. The van der Waals surface area contributed by atoms with Crippen molar-refractivity contribution in [3.63, 3.8) is 0 Å². The van der Waals surface area contributed by atoms with Gasteiger partial charge in [0.25, 0.3) is 5.91 Å². The normalized spacial score (nSPS) is 14.5. The summed E-state index contributed by atoms with van der Waals surface area (Å²) in [5.41, 5.74) is 1.76. The molecular formula is C19H17F3N2OS. The average Bonchev–Trinajstić information content (AvgIpc) is 3.08. The fraction of sp³-hybridized carbons (Fsp3) is 0.263. The van der Waals surface area contributed by atoms with E-state index in [0.29, 0.717) is 24.0 Å². The number of rotatable bonds is 3. The van der Waals surface area contributed by atoms with E-state index in [1.165, 1.54) is 34.4 Å². The highest BCUT2D eigenvalue weighted by Gasteiger charge is 2.31. The number of amides is 1. The Labute approximate surface area is 153 Å². The first-order valence-corrected chi connectivity index (χ1v) is 9.05. The van der Waals surface area contributed by atoms with Crippen molar-refractivity contribution in [2.45, 2.75) is 18.9 Å². The Bertz CT molecular complexity index is 814. The molecule has 0 saturated heterocycles. The fourth-order valence-electron chi connectivity index (χ4n) is 2.53. The number of amidine groups is 1. The van der Waals surface area contributed by atoms with Crippen LogP contribution < -0.4 is 0 Å². The Morgan fingerprint density at radius 2 is 1.77 bits per heavy atom. The Morgan fingerprint density at radius 3 is 2.38 bits per heavy atom. The highest BCUT2D eigenvalue weighted by atomic mass is 32.2. The maximum Gasteiger partial charge on any atom is 0.416 e. The molecule has 0 radical (unpaired) electrons. The monoisotopic (exact) mass is 378 g/mol. The summed E-state index contributed by atoms with van der Waals surface area (Å²) in [4.78, 5) is 18.5. The number of alkyl halides is 3. The van der Waals surface area contributed by atoms with Crippen LogP contribution in [0.4, 0.5) is 13.2 Å². The highest BCUT2D eigenvalue weighted by Crippen LogP contribution is 2.29. The van der Waals surface area contributed by atoms with Crippen LogP contribution in [0.2, 0.25) is 0 Å². The number of thioether (sulfide) groups is 1. The standard InChI is InChI=1S/C19H17F3N2OS/c1-13-2-4-14(5-3-13)12-26-18-23-10-11-24(18)17(25)15-6-8-16(9-7-15)19(20,21)22/h2-9H,10-12H2,1H3. The van der Waals surface area contributed by atoms with E-state index < -0.39 is 11.7 Å². The van der Waals surface area contributed by atoms with Gasteiger partial charge in [-0.3, -0.25) is 14.7 Å². The van der Waals surface area contributed by atoms with E-state index in [2.05, 4.69) is 4.99 Å². The minimum Gasteiger partial charge on any atom is -0.286 e. The van der Waals surface area contributed by atoms with E-state index in [0.717, 1.165) is 17.7 Å². The van der Waals surface area contributed by atoms with E-state index in [-0.39, 0.29) is 11.5 Å². The molecular weight excluding hydrogens is 361 g/mol. The molecule has 0 atom stereocenters. The summed E-state index contributed by atoms with van der Waals surface area (Å²) in [5.74, 6) is 0.349. The SMILES string of the molecule is Cc1ccc(CSC2=NCCN2C(=O)c2ccc(C(F)(F)F)cc2)cc1. The van der Waals surface area contributed by atoms with Crippen LogP contribution in [0.25, 0.3) is 0 Å². The smallest absolute Gasteiger partial charge is 0.286 e. The van der Waals surface area contributed by atoms with Crippen LogP contribution in [-0.4, -0.2) is 29.1 Å². The number of benzene rings is 2. The predicted octanol–water partition coefficient (Wildman–Crippen LogP) is 4.76. The third-order valence-electron chi connectivity index (χ3n) is 3.99. The number of halogens is 3. The molecule has 0 spiro atoms. The van der Waals surface area contributed by atoms with Gasteiger partial charge < -0.3 is 0 Å². The van der Waals surface area contributed by atoms with E-state index in [1.54, 1.807) is 0 Å². The topological polar surface area (TPSA) is 32.7 Å². The van der Waals surface area contributed by atoms with Crippen molar-refractivity contribution in [2.24, 2.45) is 4.99 Å². The van der Waals surface area contributed by atoms with Crippen molar-refractivity contribution >= 4 is 22.8 Å². The molecule has 26 heavy (non-hydrogen) atoms. The third kappa shape index (κ3) is 4.27. The zero-order valence-corrected chi connectivity index (χ0v) is 14.9. The minimum absolute atomic E-state index is 0.225. The molecule has 0 fully saturated rings. The molecule has 1 aliphatic heterocycles. The number of carbonyl (C=O) groups is 1. The second kappa shape index (κ2) is 7.53. The zero-order valence-electron chi connectivity index (χ0n) is 14.1. The second-order valence-corrected chi connectivity index (χ2v) is 6.91. The van der Waals surface area contributed by atoms with Crippen LogP contribution in [0.5, 0.6) is 0 Å². The first-order valence-electron chi connectivity index (χ1n) is 8.06. The molecule has 0 unspecified atom stereocenters. The summed E-state index contributed by atoms with van der Waals surface area (Å²) < 4.78 is 38.0. The summed E-state index contributed by atoms with van der Waals surface area (Å²) in [6, 6.07) is 12.4. The number of carbonyl (C=O) groups excluding carboxylic acids is 1. The Kier molecular flexibility index (Phi) is 5.36. The van der Waals surface area contributed by atoms with Crippen molar-refractivity contribution in [1.82, 2.24) is 4.90 Å². The molecule has 0 saturated carbocycles. The van der Waals surface area contributed by atoms with Crippen molar-refractivity contribution < 1.29 is 18.0 Å². The molecule has 1 aliphatic rings. The lowest BCUT2D eigenvalue weighted by Crippen LogP contribution is -2.32. The maximum absolute atomic E-state index is 12.7. The fourth-order valence-corrected chi connectivity index (χ4v) is 3.53. The van der Waals surface area contributed by atoms with Gasteiger partial charge in [-0.15, -0.1) is 0 Å². The Balaban J connectivity index is 1.67. The Morgan fingerprint density at radius 1 is 1.12 bits per heavy atom. The summed E-state index contributed by atoms with van der Waals surface area (Å²) in [7, 11) is 0. The van der Waals surface area contributed by atoms with Crippen molar-refractivity contribution in [2.75, 3.05) is 13.1 Å². The van der Waals surface area contributed by atoms with Crippen LogP contribution in [0, 0.1) is 6.92 Å². The van der Waals surface area contributed by atoms with Gasteiger partial charge in [0.2, 0.25) is 0 Å². The number of aliphatic imine (C=N–C) groups is 1. The Hall–Kier alpha value is -2.28. The third-order valence-corrected chi connectivity index (χ3v) is 5.08. The summed E-state index contributed by atoms with van der Waals surface area (Å²) in [6.07, 6.45) is -4.41. The number of aryl methyl sites for hydroxylation is 1. The predicted molar refractivity (Wildman–Crippen MR) is 97.3 cm³/mol. The van der Waals surface area contributed by atoms with Crippen LogP contribution in [0.1, 0.15) is 27.0 Å². The maximum atomic E-state index is 12.7.